The summed E-state index contributed by atoms with van der Waals surface area (Å²) in [6.45, 7) is 3.93. The molecule has 0 spiro atoms. The Labute approximate surface area is 80.5 Å². The van der Waals surface area contributed by atoms with E-state index in [2.05, 4.69) is 11.6 Å². The molecule has 0 aromatic carbocycles. The van der Waals surface area contributed by atoms with E-state index in [-0.39, 0.29) is 5.56 Å². The number of rotatable bonds is 3. The van der Waals surface area contributed by atoms with E-state index >= 15 is 0 Å². The number of nitrogens with one attached hydrogen (secondary N) is 1. The average Bonchev–Trinajstić information content (AvgIpc) is 2.11. The highest BCUT2D eigenvalue weighted by molar-refractivity contribution is 7.71. The van der Waals surface area contributed by atoms with Crippen molar-refractivity contribution in [1.29, 1.82) is 0 Å². The minimum atomic E-state index is -0.194. The van der Waals surface area contributed by atoms with E-state index in [1.54, 1.807) is 6.08 Å². The smallest absolute Gasteiger partial charge is 0.258 e. The summed E-state index contributed by atoms with van der Waals surface area (Å²) in [5.41, 5.74) is -0.194. The van der Waals surface area contributed by atoms with Crippen molar-refractivity contribution in [2.24, 2.45) is 0 Å². The third-order valence-corrected chi connectivity index (χ3v) is 1.85. The number of aromatic nitrogens is 2. The fraction of sp³-hybridized carbons (Fsp3) is 0.250. The maximum atomic E-state index is 11.4. The number of aromatic amines is 1. The SMILES string of the molecule is C=CCn1c(=O)cc(OC)[nH]c1=S. The van der Waals surface area contributed by atoms with Crippen molar-refractivity contribution in [2.75, 3.05) is 7.11 Å². The fourth-order valence-electron chi connectivity index (χ4n) is 0.911. The molecule has 1 rings (SSSR count). The van der Waals surface area contributed by atoms with E-state index in [9.17, 15) is 4.79 Å². The third-order valence-electron chi connectivity index (χ3n) is 1.53. The van der Waals surface area contributed by atoms with Gasteiger partial charge in [-0.05, 0) is 12.2 Å². The second kappa shape index (κ2) is 4.04. The zero-order valence-electron chi connectivity index (χ0n) is 7.24. The molecule has 0 unspecified atom stereocenters. The van der Waals surface area contributed by atoms with Gasteiger partial charge in [0, 0.05) is 6.54 Å². The van der Waals surface area contributed by atoms with Crippen molar-refractivity contribution in [2.45, 2.75) is 6.54 Å². The van der Waals surface area contributed by atoms with Crippen molar-refractivity contribution >= 4 is 12.2 Å². The van der Waals surface area contributed by atoms with Crippen molar-refractivity contribution in [3.05, 3.63) is 33.8 Å². The Hall–Kier alpha value is -1.36. The topological polar surface area (TPSA) is 47.0 Å². The molecule has 13 heavy (non-hydrogen) atoms. The molecule has 0 saturated carbocycles. The van der Waals surface area contributed by atoms with Gasteiger partial charge in [-0.15, -0.1) is 6.58 Å². The van der Waals surface area contributed by atoms with Crippen molar-refractivity contribution in [3.63, 3.8) is 0 Å². The second-order valence-electron chi connectivity index (χ2n) is 2.38. The van der Waals surface area contributed by atoms with Crippen LogP contribution in [0.2, 0.25) is 0 Å². The Balaban J connectivity index is 3.31. The number of hydrogen-bond donors (Lipinski definition) is 1. The molecule has 0 fully saturated rings. The lowest BCUT2D eigenvalue weighted by Crippen LogP contribution is -2.20. The summed E-state index contributed by atoms with van der Waals surface area (Å²) in [5.74, 6) is 0.371. The van der Waals surface area contributed by atoms with Gasteiger partial charge in [-0.3, -0.25) is 9.36 Å². The Bertz CT molecular complexity index is 388. The molecule has 1 aromatic rings. The molecular formula is C8H10N2O2S. The Kier molecular flexibility index (Phi) is 3.02. The molecule has 0 aliphatic heterocycles. The second-order valence-corrected chi connectivity index (χ2v) is 2.77. The van der Waals surface area contributed by atoms with Crippen LogP contribution in [0.15, 0.2) is 23.5 Å². The molecule has 0 amide bonds. The number of ether oxygens (including phenoxy) is 1. The molecule has 0 radical (unpaired) electrons. The number of methoxy groups -OCH3 is 1. The first kappa shape index (κ1) is 9.73. The minimum Gasteiger partial charge on any atom is -0.482 e. The van der Waals surface area contributed by atoms with Gasteiger partial charge in [0.2, 0.25) is 0 Å². The number of nitrogens with zero attached hydrogens (tertiary/aromatic N) is 1. The molecule has 1 aromatic heterocycles. The largest absolute Gasteiger partial charge is 0.482 e. The molecule has 0 aliphatic rings. The first-order valence-corrected chi connectivity index (χ1v) is 4.09. The summed E-state index contributed by atoms with van der Waals surface area (Å²) in [6, 6.07) is 1.35. The van der Waals surface area contributed by atoms with Gasteiger partial charge in [0.15, 0.2) is 10.7 Å². The van der Waals surface area contributed by atoms with E-state index < -0.39 is 0 Å². The van der Waals surface area contributed by atoms with E-state index in [1.807, 2.05) is 0 Å². The van der Waals surface area contributed by atoms with Gasteiger partial charge in [-0.1, -0.05) is 6.08 Å². The van der Waals surface area contributed by atoms with Crippen molar-refractivity contribution in [1.82, 2.24) is 9.55 Å². The molecule has 1 heterocycles. The van der Waals surface area contributed by atoms with Crippen LogP contribution in [0.25, 0.3) is 0 Å². The highest BCUT2D eigenvalue weighted by Gasteiger charge is 1.99. The van der Waals surface area contributed by atoms with Gasteiger partial charge in [0.05, 0.1) is 13.2 Å². The summed E-state index contributed by atoms with van der Waals surface area (Å²) in [4.78, 5) is 14.1. The van der Waals surface area contributed by atoms with Crippen LogP contribution in [0, 0.1) is 4.77 Å². The number of hydrogen-bond acceptors (Lipinski definition) is 3. The Morgan fingerprint density at radius 3 is 3.00 bits per heavy atom. The van der Waals surface area contributed by atoms with Crippen LogP contribution in [-0.2, 0) is 6.54 Å². The van der Waals surface area contributed by atoms with Crippen LogP contribution in [0.4, 0.5) is 0 Å². The third kappa shape index (κ3) is 2.06. The summed E-state index contributed by atoms with van der Waals surface area (Å²) in [7, 11) is 1.47. The first-order chi connectivity index (χ1) is 6.19. The first-order valence-electron chi connectivity index (χ1n) is 3.68. The predicted molar refractivity (Wildman–Crippen MR) is 52.6 cm³/mol. The number of allylic oxidation sites excluding steroid dienone is 1. The highest BCUT2D eigenvalue weighted by atomic mass is 32.1. The van der Waals surface area contributed by atoms with Crippen LogP contribution in [0.3, 0.4) is 0 Å². The van der Waals surface area contributed by atoms with E-state index in [1.165, 1.54) is 17.7 Å². The van der Waals surface area contributed by atoms with Gasteiger partial charge in [0.25, 0.3) is 5.56 Å². The van der Waals surface area contributed by atoms with Gasteiger partial charge in [-0.25, -0.2) is 0 Å². The molecule has 0 saturated heterocycles. The van der Waals surface area contributed by atoms with Crippen LogP contribution < -0.4 is 10.3 Å². The lowest BCUT2D eigenvalue weighted by atomic mass is 10.5. The van der Waals surface area contributed by atoms with Crippen LogP contribution >= 0.6 is 12.2 Å². The van der Waals surface area contributed by atoms with Gasteiger partial charge >= 0.3 is 0 Å². The van der Waals surface area contributed by atoms with Gasteiger partial charge in [0.1, 0.15) is 0 Å². The van der Waals surface area contributed by atoms with Crippen molar-refractivity contribution < 1.29 is 4.74 Å². The molecule has 5 heteroatoms. The van der Waals surface area contributed by atoms with E-state index in [4.69, 9.17) is 17.0 Å². The zero-order valence-corrected chi connectivity index (χ0v) is 8.06. The highest BCUT2D eigenvalue weighted by Crippen LogP contribution is 1.99. The summed E-state index contributed by atoms with van der Waals surface area (Å²) in [6.07, 6.45) is 1.61. The monoisotopic (exact) mass is 198 g/mol. The summed E-state index contributed by atoms with van der Waals surface area (Å²) < 4.78 is 6.58. The lowest BCUT2D eigenvalue weighted by molar-refractivity contribution is 0.392. The molecular weight excluding hydrogens is 188 g/mol. The molecule has 0 aliphatic carbocycles. The molecule has 1 N–H and O–H groups in total. The maximum absolute atomic E-state index is 11.4. The standard InChI is InChI=1S/C8H10N2O2S/c1-3-4-10-7(11)5-6(12-2)9-8(10)13/h3,5H,1,4H2,2H3,(H,9,13). The van der Waals surface area contributed by atoms with Gasteiger partial charge in [-0.2, -0.15) is 0 Å². The molecule has 0 atom stereocenters. The summed E-state index contributed by atoms with van der Waals surface area (Å²) >= 11 is 4.94. The minimum absolute atomic E-state index is 0.194. The molecule has 0 bridgehead atoms. The van der Waals surface area contributed by atoms with Crippen LogP contribution in [0.5, 0.6) is 5.88 Å². The van der Waals surface area contributed by atoms with Crippen LogP contribution in [0.1, 0.15) is 0 Å². The molecule has 4 nitrogen and oxygen atoms in total. The maximum Gasteiger partial charge on any atom is 0.258 e. The zero-order chi connectivity index (χ0) is 9.84. The normalized spacial score (nSPS) is 9.62. The predicted octanol–water partition coefficient (Wildman–Crippen LogP) is 1.10. The van der Waals surface area contributed by atoms with Crippen molar-refractivity contribution in [3.8, 4) is 5.88 Å². The van der Waals surface area contributed by atoms with Crippen LogP contribution in [-0.4, -0.2) is 16.7 Å². The summed E-state index contributed by atoms with van der Waals surface area (Å²) in [5, 5.41) is 0. The molecule has 70 valence electrons. The average molecular weight is 198 g/mol. The number of H-pyrrole nitrogens is 1. The fourth-order valence-corrected chi connectivity index (χ4v) is 1.18. The van der Waals surface area contributed by atoms with E-state index in [0.717, 1.165) is 0 Å². The lowest BCUT2D eigenvalue weighted by Gasteiger charge is -2.03. The Morgan fingerprint density at radius 1 is 1.85 bits per heavy atom. The quantitative estimate of drug-likeness (QED) is 0.584. The van der Waals surface area contributed by atoms with E-state index in [0.29, 0.717) is 17.2 Å². The van der Waals surface area contributed by atoms with Gasteiger partial charge < -0.3 is 9.72 Å². The Morgan fingerprint density at radius 2 is 2.54 bits per heavy atom.